The molecule has 22 heavy (non-hydrogen) atoms. The lowest BCUT2D eigenvalue weighted by molar-refractivity contribution is -0.117. The number of para-hydroxylation sites is 1. The molecule has 0 radical (unpaired) electrons. The average Bonchev–Trinajstić information content (AvgIpc) is 3.32. The van der Waals surface area contributed by atoms with Crippen LogP contribution in [-0.4, -0.2) is 23.2 Å². The Morgan fingerprint density at radius 1 is 1.41 bits per heavy atom. The molecule has 0 unspecified atom stereocenters. The van der Waals surface area contributed by atoms with Gasteiger partial charge in [-0.15, -0.1) is 0 Å². The molecule has 1 heterocycles. The van der Waals surface area contributed by atoms with E-state index in [0.29, 0.717) is 0 Å². The summed E-state index contributed by atoms with van der Waals surface area (Å²) < 4.78 is 5.42. The van der Waals surface area contributed by atoms with Gasteiger partial charge in [-0.2, -0.15) is 5.10 Å². The van der Waals surface area contributed by atoms with Gasteiger partial charge in [0.2, 0.25) is 5.91 Å². The van der Waals surface area contributed by atoms with E-state index < -0.39 is 0 Å². The fourth-order valence-corrected chi connectivity index (χ4v) is 2.55. The molecule has 0 bridgehead atoms. The van der Waals surface area contributed by atoms with E-state index in [1.54, 1.807) is 7.11 Å². The van der Waals surface area contributed by atoms with E-state index in [2.05, 4.69) is 22.4 Å². The van der Waals surface area contributed by atoms with Crippen molar-refractivity contribution in [3.8, 4) is 17.0 Å². The van der Waals surface area contributed by atoms with Crippen LogP contribution in [0.2, 0.25) is 0 Å². The number of benzene rings is 1. The van der Waals surface area contributed by atoms with Crippen LogP contribution in [0.1, 0.15) is 31.9 Å². The number of H-pyrrole nitrogens is 1. The van der Waals surface area contributed by atoms with Gasteiger partial charge in [-0.1, -0.05) is 25.5 Å². The van der Waals surface area contributed by atoms with Crippen molar-refractivity contribution in [2.75, 3.05) is 12.4 Å². The Morgan fingerprint density at radius 3 is 2.86 bits per heavy atom. The van der Waals surface area contributed by atoms with Crippen LogP contribution in [0.15, 0.2) is 24.3 Å². The molecule has 116 valence electrons. The first-order chi connectivity index (χ1) is 10.7. The number of aromatic amines is 1. The summed E-state index contributed by atoms with van der Waals surface area (Å²) in [5, 5.41) is 10.6. The molecular weight excluding hydrogens is 278 g/mol. The first-order valence-corrected chi connectivity index (χ1v) is 7.76. The van der Waals surface area contributed by atoms with E-state index in [1.165, 1.54) is 0 Å². The second-order valence-corrected chi connectivity index (χ2v) is 5.64. The number of nitrogens with one attached hydrogen (secondary N) is 2. The predicted octanol–water partition coefficient (Wildman–Crippen LogP) is 3.39. The molecular formula is C17H21N3O2. The number of carbonyl (C=O) groups excluding carboxylic acids is 1. The monoisotopic (exact) mass is 299 g/mol. The van der Waals surface area contributed by atoms with Crippen LogP contribution in [0.3, 0.4) is 0 Å². The van der Waals surface area contributed by atoms with Gasteiger partial charge < -0.3 is 10.1 Å². The summed E-state index contributed by atoms with van der Waals surface area (Å²) in [6.07, 6.45) is 3.80. The molecule has 1 aliphatic carbocycles. The number of hydrogen-bond donors (Lipinski definition) is 2. The fraction of sp³-hybridized carbons (Fsp3) is 0.412. The smallest absolute Gasteiger partial charge is 0.227 e. The van der Waals surface area contributed by atoms with Crippen molar-refractivity contribution >= 4 is 11.6 Å². The fourth-order valence-electron chi connectivity index (χ4n) is 2.55. The summed E-state index contributed by atoms with van der Waals surface area (Å²) in [7, 11) is 1.64. The van der Waals surface area contributed by atoms with Gasteiger partial charge in [-0.3, -0.25) is 9.89 Å². The Hall–Kier alpha value is -2.30. The third kappa shape index (κ3) is 2.84. The molecule has 3 rings (SSSR count). The number of hydrogen-bond acceptors (Lipinski definition) is 3. The molecule has 0 saturated heterocycles. The number of amides is 1. The zero-order valence-corrected chi connectivity index (χ0v) is 13.0. The van der Waals surface area contributed by atoms with Gasteiger partial charge in [0.25, 0.3) is 0 Å². The molecule has 0 spiro atoms. The maximum Gasteiger partial charge on any atom is 0.227 e. The van der Waals surface area contributed by atoms with E-state index in [4.69, 9.17) is 4.74 Å². The van der Waals surface area contributed by atoms with Gasteiger partial charge >= 0.3 is 0 Å². The molecule has 0 atom stereocenters. The summed E-state index contributed by atoms with van der Waals surface area (Å²) in [6.45, 7) is 2.11. The van der Waals surface area contributed by atoms with Gasteiger partial charge in [0.15, 0.2) is 0 Å². The molecule has 0 aliphatic heterocycles. The standard InChI is InChI=1S/C17H21N3O2/c1-3-6-13-16(18-17(21)11-9-10-11)15(20-19-13)12-7-4-5-8-14(12)22-2/h4-5,7-8,11H,3,6,9-10H2,1-2H3,(H,18,21)(H,19,20). The first-order valence-electron chi connectivity index (χ1n) is 7.76. The lowest BCUT2D eigenvalue weighted by atomic mass is 10.1. The second-order valence-electron chi connectivity index (χ2n) is 5.64. The van der Waals surface area contributed by atoms with Crippen molar-refractivity contribution in [2.45, 2.75) is 32.6 Å². The summed E-state index contributed by atoms with van der Waals surface area (Å²) in [5.74, 6) is 1.00. The highest BCUT2D eigenvalue weighted by Gasteiger charge is 2.31. The van der Waals surface area contributed by atoms with E-state index >= 15 is 0 Å². The lowest BCUT2D eigenvalue weighted by Crippen LogP contribution is -2.14. The van der Waals surface area contributed by atoms with E-state index in [0.717, 1.165) is 54.1 Å². The highest BCUT2D eigenvalue weighted by Crippen LogP contribution is 2.37. The number of ether oxygens (including phenoxy) is 1. The molecule has 1 saturated carbocycles. The topological polar surface area (TPSA) is 67.0 Å². The predicted molar refractivity (Wildman–Crippen MR) is 85.9 cm³/mol. The van der Waals surface area contributed by atoms with Crippen LogP contribution in [0.4, 0.5) is 5.69 Å². The van der Waals surface area contributed by atoms with Crippen LogP contribution in [0.25, 0.3) is 11.3 Å². The van der Waals surface area contributed by atoms with Crippen LogP contribution >= 0.6 is 0 Å². The summed E-state index contributed by atoms with van der Waals surface area (Å²) >= 11 is 0. The Kier molecular flexibility index (Phi) is 4.13. The van der Waals surface area contributed by atoms with E-state index in [9.17, 15) is 4.79 Å². The summed E-state index contributed by atoms with van der Waals surface area (Å²) in [6, 6.07) is 7.72. The number of rotatable bonds is 6. The molecule has 1 fully saturated rings. The zero-order valence-electron chi connectivity index (χ0n) is 13.0. The van der Waals surface area contributed by atoms with Crippen LogP contribution in [0.5, 0.6) is 5.75 Å². The molecule has 1 aliphatic rings. The van der Waals surface area contributed by atoms with Crippen molar-refractivity contribution in [3.05, 3.63) is 30.0 Å². The number of aromatic nitrogens is 2. The van der Waals surface area contributed by atoms with Gasteiger partial charge in [-0.05, 0) is 31.4 Å². The van der Waals surface area contributed by atoms with Crippen molar-refractivity contribution in [3.63, 3.8) is 0 Å². The van der Waals surface area contributed by atoms with Crippen molar-refractivity contribution in [1.29, 1.82) is 0 Å². The minimum absolute atomic E-state index is 0.0925. The highest BCUT2D eigenvalue weighted by atomic mass is 16.5. The van der Waals surface area contributed by atoms with Crippen molar-refractivity contribution in [2.24, 2.45) is 5.92 Å². The van der Waals surface area contributed by atoms with Gasteiger partial charge in [0, 0.05) is 11.5 Å². The molecule has 1 amide bonds. The Labute approximate surface area is 130 Å². The van der Waals surface area contributed by atoms with Gasteiger partial charge in [0.1, 0.15) is 11.4 Å². The van der Waals surface area contributed by atoms with Crippen LogP contribution < -0.4 is 10.1 Å². The SMILES string of the molecule is CCCc1[nH]nc(-c2ccccc2OC)c1NC(=O)C1CC1. The van der Waals surface area contributed by atoms with Crippen molar-refractivity contribution < 1.29 is 9.53 Å². The first kappa shape index (κ1) is 14.6. The largest absolute Gasteiger partial charge is 0.496 e. The number of methoxy groups -OCH3 is 1. The van der Waals surface area contributed by atoms with Crippen LogP contribution in [0, 0.1) is 5.92 Å². The maximum absolute atomic E-state index is 12.2. The Balaban J connectivity index is 2.00. The zero-order chi connectivity index (χ0) is 15.5. The lowest BCUT2D eigenvalue weighted by Gasteiger charge is -2.10. The quantitative estimate of drug-likeness (QED) is 0.859. The molecule has 1 aromatic carbocycles. The third-order valence-corrected chi connectivity index (χ3v) is 3.90. The van der Waals surface area contributed by atoms with Crippen LogP contribution in [-0.2, 0) is 11.2 Å². The number of aryl methyl sites for hydroxylation is 1. The van der Waals surface area contributed by atoms with Gasteiger partial charge in [0.05, 0.1) is 18.5 Å². The maximum atomic E-state index is 12.2. The molecule has 2 aromatic rings. The Morgan fingerprint density at radius 2 is 2.18 bits per heavy atom. The molecule has 2 N–H and O–H groups in total. The molecule has 1 aromatic heterocycles. The average molecular weight is 299 g/mol. The number of carbonyl (C=O) groups is 1. The minimum atomic E-state index is 0.0925. The van der Waals surface area contributed by atoms with Gasteiger partial charge in [-0.25, -0.2) is 0 Å². The minimum Gasteiger partial charge on any atom is -0.496 e. The third-order valence-electron chi connectivity index (χ3n) is 3.90. The van der Waals surface area contributed by atoms with E-state index in [-0.39, 0.29) is 11.8 Å². The summed E-state index contributed by atoms with van der Waals surface area (Å²) in [5.41, 5.74) is 3.39. The molecule has 5 heteroatoms. The highest BCUT2D eigenvalue weighted by molar-refractivity contribution is 5.98. The second kappa shape index (κ2) is 6.22. The normalized spacial score (nSPS) is 13.9. The number of nitrogens with zero attached hydrogens (tertiary/aromatic N) is 1. The summed E-state index contributed by atoms with van der Waals surface area (Å²) in [4.78, 5) is 12.2. The number of anilines is 1. The Bertz CT molecular complexity index is 674. The molecule has 5 nitrogen and oxygen atoms in total. The van der Waals surface area contributed by atoms with E-state index in [1.807, 2.05) is 24.3 Å². The van der Waals surface area contributed by atoms with Crippen molar-refractivity contribution in [1.82, 2.24) is 10.2 Å².